The molecule has 2 N–H and O–H groups in total. The van der Waals surface area contributed by atoms with Gasteiger partial charge in [0.25, 0.3) is 5.56 Å². The van der Waals surface area contributed by atoms with Gasteiger partial charge in [-0.3, -0.25) is 14.7 Å². The highest BCUT2D eigenvalue weighted by atomic mass is 19.4. The van der Waals surface area contributed by atoms with Crippen molar-refractivity contribution >= 4 is 11.6 Å². The van der Waals surface area contributed by atoms with Crippen molar-refractivity contribution in [3.8, 4) is 5.69 Å². The average Bonchev–Trinajstić information content (AvgIpc) is 3.09. The van der Waals surface area contributed by atoms with Crippen molar-refractivity contribution in [2.75, 3.05) is 5.32 Å². The first-order valence-electron chi connectivity index (χ1n) is 9.95. The van der Waals surface area contributed by atoms with Crippen molar-refractivity contribution in [2.24, 2.45) is 0 Å². The van der Waals surface area contributed by atoms with E-state index in [1.807, 2.05) is 6.07 Å². The fraction of sp³-hybridized carbons (Fsp3) is 0.217. The van der Waals surface area contributed by atoms with Crippen LogP contribution in [0.2, 0.25) is 0 Å². The zero-order valence-electron chi connectivity index (χ0n) is 16.3. The predicted octanol–water partition coefficient (Wildman–Crippen LogP) is 4.75. The molecule has 5 nitrogen and oxygen atoms in total. The van der Waals surface area contributed by atoms with Crippen molar-refractivity contribution in [1.82, 2.24) is 9.78 Å². The van der Waals surface area contributed by atoms with Gasteiger partial charge in [-0.15, -0.1) is 0 Å². The Balaban J connectivity index is 1.70. The number of rotatable bonds is 2. The van der Waals surface area contributed by atoms with Gasteiger partial charge < -0.3 is 5.32 Å². The third kappa shape index (κ3) is 3.19. The molecule has 31 heavy (non-hydrogen) atoms. The molecule has 158 valence electrons. The van der Waals surface area contributed by atoms with E-state index >= 15 is 0 Å². The van der Waals surface area contributed by atoms with E-state index in [4.69, 9.17) is 0 Å². The molecule has 1 aliphatic carbocycles. The zero-order chi connectivity index (χ0) is 21.8. The SMILES string of the molecule is O=C1CCCC2=C1[C@H](c1ccc(C(F)(F)F)cc1)c1c([nH]n(-c3ccccc3)c1=O)N2. The largest absolute Gasteiger partial charge is 0.416 e. The summed E-state index contributed by atoms with van der Waals surface area (Å²) in [5, 5.41) is 6.27. The number of Topliss-reactive ketones (excluding diaryl/α,β-unsaturated/α-hetero) is 1. The summed E-state index contributed by atoms with van der Waals surface area (Å²) in [7, 11) is 0. The molecular weight excluding hydrogens is 407 g/mol. The number of H-pyrrole nitrogens is 1. The molecule has 0 fully saturated rings. The van der Waals surface area contributed by atoms with E-state index in [2.05, 4.69) is 10.4 Å². The Morgan fingerprint density at radius 3 is 2.32 bits per heavy atom. The molecule has 0 spiro atoms. The summed E-state index contributed by atoms with van der Waals surface area (Å²) in [6, 6.07) is 13.7. The topological polar surface area (TPSA) is 66.9 Å². The number of fused-ring (bicyclic) bond motifs is 1. The Morgan fingerprint density at radius 2 is 1.65 bits per heavy atom. The van der Waals surface area contributed by atoms with Crippen LogP contribution < -0.4 is 10.9 Å². The van der Waals surface area contributed by atoms with Crippen molar-refractivity contribution in [3.05, 3.63) is 92.9 Å². The zero-order valence-corrected chi connectivity index (χ0v) is 16.3. The number of ketones is 1. The minimum absolute atomic E-state index is 0.0869. The fourth-order valence-corrected chi connectivity index (χ4v) is 4.39. The Morgan fingerprint density at radius 1 is 0.935 bits per heavy atom. The number of alkyl halides is 3. The molecule has 0 radical (unpaired) electrons. The van der Waals surface area contributed by atoms with E-state index in [1.165, 1.54) is 16.8 Å². The molecule has 1 aliphatic heterocycles. The van der Waals surface area contributed by atoms with Gasteiger partial charge in [0, 0.05) is 23.6 Å². The van der Waals surface area contributed by atoms with Crippen molar-refractivity contribution in [3.63, 3.8) is 0 Å². The molecule has 2 aromatic carbocycles. The maximum absolute atomic E-state index is 13.4. The summed E-state index contributed by atoms with van der Waals surface area (Å²) in [5.74, 6) is -0.349. The van der Waals surface area contributed by atoms with E-state index < -0.39 is 17.7 Å². The predicted molar refractivity (Wildman–Crippen MR) is 109 cm³/mol. The first-order valence-corrected chi connectivity index (χ1v) is 9.95. The summed E-state index contributed by atoms with van der Waals surface area (Å²) in [6.07, 6.45) is -2.79. The molecule has 1 atom stereocenters. The number of aromatic nitrogens is 2. The standard InChI is InChI=1S/C23H18F3N3O2/c24-23(25,26)14-11-9-13(10-12-14)18-19-16(7-4-8-17(19)30)27-21-20(18)22(31)29(28-21)15-5-2-1-3-6-15/h1-3,5-6,9-12,18,27-28H,4,7-8H2/t18-/m0/s1. The van der Waals surface area contributed by atoms with Gasteiger partial charge in [0.1, 0.15) is 5.82 Å². The number of anilines is 1. The van der Waals surface area contributed by atoms with Gasteiger partial charge in [-0.1, -0.05) is 30.3 Å². The number of aromatic amines is 1. The molecule has 0 amide bonds. The summed E-state index contributed by atoms with van der Waals surface area (Å²) in [4.78, 5) is 26.2. The molecule has 0 saturated carbocycles. The lowest BCUT2D eigenvalue weighted by Crippen LogP contribution is -2.30. The van der Waals surface area contributed by atoms with Crippen LogP contribution in [0.1, 0.15) is 41.9 Å². The number of halogens is 3. The first-order chi connectivity index (χ1) is 14.8. The van der Waals surface area contributed by atoms with E-state index in [-0.39, 0.29) is 11.3 Å². The quantitative estimate of drug-likeness (QED) is 0.623. The van der Waals surface area contributed by atoms with Crippen LogP contribution in [0.15, 0.2) is 70.7 Å². The van der Waals surface area contributed by atoms with Gasteiger partial charge in [0.15, 0.2) is 5.78 Å². The lowest BCUT2D eigenvalue weighted by Gasteiger charge is -2.31. The van der Waals surface area contributed by atoms with Crippen LogP contribution in [-0.4, -0.2) is 15.6 Å². The van der Waals surface area contributed by atoms with Gasteiger partial charge in [-0.2, -0.15) is 13.2 Å². The Kier molecular flexibility index (Phi) is 4.39. The molecular formula is C23H18F3N3O2. The Labute approximate surface area is 175 Å². The first kappa shape index (κ1) is 19.4. The van der Waals surface area contributed by atoms with Crippen LogP contribution in [0.25, 0.3) is 5.69 Å². The number of nitrogens with zero attached hydrogens (tertiary/aromatic N) is 1. The van der Waals surface area contributed by atoms with Gasteiger partial charge in [-0.05, 0) is 42.7 Å². The number of benzene rings is 2. The third-order valence-electron chi connectivity index (χ3n) is 5.82. The van der Waals surface area contributed by atoms with E-state index in [0.29, 0.717) is 47.5 Å². The lowest BCUT2D eigenvalue weighted by molar-refractivity contribution is -0.137. The molecule has 5 rings (SSSR count). The highest BCUT2D eigenvalue weighted by Gasteiger charge is 2.39. The normalized spacial score (nSPS) is 18.4. The Hall–Kier alpha value is -3.55. The number of hydrogen-bond acceptors (Lipinski definition) is 3. The maximum atomic E-state index is 13.4. The molecule has 2 aliphatic rings. The summed E-state index contributed by atoms with van der Waals surface area (Å²) >= 11 is 0. The summed E-state index contributed by atoms with van der Waals surface area (Å²) in [6.45, 7) is 0. The summed E-state index contributed by atoms with van der Waals surface area (Å²) in [5.41, 5.74) is 1.50. The van der Waals surface area contributed by atoms with Crippen molar-refractivity contribution in [2.45, 2.75) is 31.4 Å². The molecule has 1 aromatic heterocycles. The van der Waals surface area contributed by atoms with Crippen molar-refractivity contribution < 1.29 is 18.0 Å². The van der Waals surface area contributed by atoms with Crippen molar-refractivity contribution in [1.29, 1.82) is 0 Å². The Bertz CT molecular complexity index is 1250. The molecule has 2 heterocycles. The second-order valence-corrected chi connectivity index (χ2v) is 7.72. The van der Waals surface area contributed by atoms with Crippen LogP contribution >= 0.6 is 0 Å². The van der Waals surface area contributed by atoms with Crippen LogP contribution in [0, 0.1) is 0 Å². The maximum Gasteiger partial charge on any atom is 0.416 e. The smallest absolute Gasteiger partial charge is 0.343 e. The van der Waals surface area contributed by atoms with Gasteiger partial charge in [0.2, 0.25) is 0 Å². The molecule has 0 unspecified atom stereocenters. The van der Waals surface area contributed by atoms with Gasteiger partial charge in [-0.25, -0.2) is 4.68 Å². The minimum Gasteiger partial charge on any atom is -0.343 e. The third-order valence-corrected chi connectivity index (χ3v) is 5.82. The second-order valence-electron chi connectivity index (χ2n) is 7.72. The monoisotopic (exact) mass is 425 g/mol. The molecule has 0 saturated heterocycles. The fourth-order valence-electron chi connectivity index (χ4n) is 4.39. The number of nitrogens with one attached hydrogen (secondary N) is 2. The van der Waals surface area contributed by atoms with E-state index in [0.717, 1.165) is 17.8 Å². The van der Waals surface area contributed by atoms with Crippen LogP contribution in [0.5, 0.6) is 0 Å². The summed E-state index contributed by atoms with van der Waals surface area (Å²) < 4.78 is 40.6. The van der Waals surface area contributed by atoms with Crippen LogP contribution in [0.4, 0.5) is 19.0 Å². The van der Waals surface area contributed by atoms with Gasteiger partial charge in [0.05, 0.1) is 16.8 Å². The van der Waals surface area contributed by atoms with E-state index in [9.17, 15) is 22.8 Å². The van der Waals surface area contributed by atoms with Crippen LogP contribution in [-0.2, 0) is 11.0 Å². The molecule has 8 heteroatoms. The number of carbonyl (C=O) groups is 1. The molecule has 3 aromatic rings. The number of para-hydroxylation sites is 1. The molecule has 0 bridgehead atoms. The minimum atomic E-state index is -4.46. The number of carbonyl (C=O) groups excluding carboxylic acids is 1. The van der Waals surface area contributed by atoms with E-state index in [1.54, 1.807) is 24.3 Å². The van der Waals surface area contributed by atoms with Crippen LogP contribution in [0.3, 0.4) is 0 Å². The second kappa shape index (κ2) is 7.01. The highest BCUT2D eigenvalue weighted by Crippen LogP contribution is 2.44. The highest BCUT2D eigenvalue weighted by molar-refractivity contribution is 6.00. The average molecular weight is 425 g/mol. The number of allylic oxidation sites excluding steroid dienone is 2. The van der Waals surface area contributed by atoms with Gasteiger partial charge >= 0.3 is 6.18 Å². The number of hydrogen-bond donors (Lipinski definition) is 2. The lowest BCUT2D eigenvalue weighted by atomic mass is 9.76.